The Morgan fingerprint density at radius 3 is 3.18 bits per heavy atom. The predicted octanol–water partition coefficient (Wildman–Crippen LogP) is 2.21. The summed E-state index contributed by atoms with van der Waals surface area (Å²) in [7, 11) is 0. The van der Waals surface area contributed by atoms with E-state index in [-0.39, 0.29) is 0 Å². The molecule has 0 aliphatic carbocycles. The summed E-state index contributed by atoms with van der Waals surface area (Å²) in [4.78, 5) is 0. The number of furan rings is 1. The van der Waals surface area contributed by atoms with Crippen molar-refractivity contribution in [2.45, 2.75) is 0 Å². The molecule has 0 atom stereocenters. The first-order valence-corrected chi connectivity index (χ1v) is 3.26. The first-order valence-electron chi connectivity index (χ1n) is 3.26. The molecule has 2 aromatic rings. The van der Waals surface area contributed by atoms with Gasteiger partial charge in [-0.3, -0.25) is 0 Å². The minimum absolute atomic E-state index is 0.823. The molecule has 0 unspecified atom stereocenters. The molecule has 0 spiro atoms. The first kappa shape index (κ1) is 6.06. The van der Waals surface area contributed by atoms with Gasteiger partial charge in [0.1, 0.15) is 5.58 Å². The molecule has 51 valence electrons. The second-order valence-corrected chi connectivity index (χ2v) is 2.26. The van der Waals surface area contributed by atoms with Crippen molar-refractivity contribution in [2.75, 3.05) is 0 Å². The monoisotopic (exact) mass is 141 g/mol. The zero-order valence-corrected chi connectivity index (χ0v) is 5.79. The number of terminal acetylenes is 1. The Morgan fingerprint density at radius 1 is 1.45 bits per heavy atom. The lowest BCUT2D eigenvalue weighted by Crippen LogP contribution is -1.70. The minimum atomic E-state index is 0.823. The molecule has 1 heterocycles. The average Bonchev–Trinajstić information content (AvgIpc) is 2.50. The van der Waals surface area contributed by atoms with Crippen molar-refractivity contribution in [2.24, 2.45) is 0 Å². The molecule has 1 heteroatoms. The number of fused-ring (bicyclic) bond motifs is 1. The highest BCUT2D eigenvalue weighted by molar-refractivity contribution is 5.78. The molecule has 11 heavy (non-hydrogen) atoms. The number of hydrogen-bond donors (Lipinski definition) is 0. The summed E-state index contributed by atoms with van der Waals surface area (Å²) in [5.74, 6) is 2.55. The molecule has 0 aliphatic heterocycles. The largest absolute Gasteiger partial charge is 0.453 e. The Balaban J connectivity index is 2.79. The number of hydrogen-bond acceptors (Lipinski definition) is 1. The Labute approximate surface area is 64.6 Å². The van der Waals surface area contributed by atoms with Crippen molar-refractivity contribution in [1.82, 2.24) is 0 Å². The molecule has 1 nitrogen and oxygen atoms in total. The second-order valence-electron chi connectivity index (χ2n) is 2.26. The van der Waals surface area contributed by atoms with Crippen molar-refractivity contribution in [3.63, 3.8) is 0 Å². The molecule has 0 amide bonds. The van der Waals surface area contributed by atoms with Gasteiger partial charge in [0.2, 0.25) is 0 Å². The van der Waals surface area contributed by atoms with E-state index in [1.807, 2.05) is 18.2 Å². The highest BCUT2D eigenvalue weighted by Crippen LogP contribution is 2.15. The number of rotatable bonds is 0. The van der Waals surface area contributed by atoms with Crippen molar-refractivity contribution < 1.29 is 4.42 Å². The molecule has 1 radical (unpaired) electrons. The Kier molecular flexibility index (Phi) is 1.20. The summed E-state index contributed by atoms with van der Waals surface area (Å²) in [6.45, 7) is 0. The van der Waals surface area contributed by atoms with Gasteiger partial charge in [-0.15, -0.1) is 6.42 Å². The SMILES string of the molecule is C#Cc1ccc2o[c]cc2c1. The van der Waals surface area contributed by atoms with Crippen LogP contribution in [-0.4, -0.2) is 0 Å². The van der Waals surface area contributed by atoms with Gasteiger partial charge >= 0.3 is 0 Å². The summed E-state index contributed by atoms with van der Waals surface area (Å²) in [5, 5.41) is 1.00. The molecule has 0 saturated heterocycles. The maximum Gasteiger partial charge on any atom is 0.170 e. The minimum Gasteiger partial charge on any atom is -0.453 e. The highest BCUT2D eigenvalue weighted by Gasteiger charge is 1.95. The van der Waals surface area contributed by atoms with E-state index in [0.29, 0.717) is 0 Å². The van der Waals surface area contributed by atoms with Crippen LogP contribution >= 0.6 is 0 Å². The Hall–Kier alpha value is -1.68. The van der Waals surface area contributed by atoms with Gasteiger partial charge < -0.3 is 4.42 Å². The standard InChI is InChI=1S/C10H5O/c1-2-8-3-4-10-9(7-8)5-6-11-10/h1,3-5,7H. The third kappa shape index (κ3) is 0.890. The van der Waals surface area contributed by atoms with Crippen LogP contribution in [0.4, 0.5) is 0 Å². The summed E-state index contributed by atoms with van der Waals surface area (Å²) in [6, 6.07) is 7.37. The van der Waals surface area contributed by atoms with Gasteiger partial charge in [0, 0.05) is 10.9 Å². The van der Waals surface area contributed by atoms with Gasteiger partial charge in [-0.25, -0.2) is 0 Å². The van der Waals surface area contributed by atoms with E-state index in [1.165, 1.54) is 0 Å². The van der Waals surface area contributed by atoms with Crippen LogP contribution in [0.15, 0.2) is 28.7 Å². The lowest BCUT2D eigenvalue weighted by atomic mass is 10.2. The maximum absolute atomic E-state index is 5.22. The van der Waals surface area contributed by atoms with Crippen LogP contribution in [-0.2, 0) is 0 Å². The lowest BCUT2D eigenvalue weighted by Gasteiger charge is -1.88. The van der Waals surface area contributed by atoms with Crippen LogP contribution in [0, 0.1) is 18.6 Å². The zero-order chi connectivity index (χ0) is 7.68. The van der Waals surface area contributed by atoms with Gasteiger partial charge in [-0.05, 0) is 24.3 Å². The van der Waals surface area contributed by atoms with Crippen molar-refractivity contribution in [3.05, 3.63) is 36.1 Å². The molecular formula is C10H5O. The van der Waals surface area contributed by atoms with E-state index in [0.717, 1.165) is 16.5 Å². The fraction of sp³-hybridized carbons (Fsp3) is 0. The van der Waals surface area contributed by atoms with E-state index in [4.69, 9.17) is 10.8 Å². The summed E-state index contributed by atoms with van der Waals surface area (Å²) < 4.78 is 5.02. The van der Waals surface area contributed by atoms with E-state index in [9.17, 15) is 0 Å². The molecule has 0 bridgehead atoms. The van der Waals surface area contributed by atoms with Gasteiger partial charge in [0.05, 0.1) is 0 Å². The van der Waals surface area contributed by atoms with E-state index in [2.05, 4.69) is 12.2 Å². The van der Waals surface area contributed by atoms with Crippen LogP contribution in [0.2, 0.25) is 0 Å². The first-order chi connectivity index (χ1) is 5.40. The van der Waals surface area contributed by atoms with Gasteiger partial charge in [-0.2, -0.15) is 0 Å². The van der Waals surface area contributed by atoms with Crippen LogP contribution in [0.1, 0.15) is 5.56 Å². The maximum atomic E-state index is 5.22. The molecule has 1 aromatic carbocycles. The molecule has 0 saturated carbocycles. The Morgan fingerprint density at radius 2 is 2.36 bits per heavy atom. The summed E-state index contributed by atoms with van der Waals surface area (Å²) >= 11 is 0. The van der Waals surface area contributed by atoms with Crippen LogP contribution in [0.3, 0.4) is 0 Å². The van der Waals surface area contributed by atoms with Gasteiger partial charge in [0.15, 0.2) is 6.26 Å². The Bertz CT molecular complexity index is 418. The molecular weight excluding hydrogens is 136 g/mol. The normalized spacial score (nSPS) is 9.73. The van der Waals surface area contributed by atoms with Crippen LogP contribution in [0.5, 0.6) is 0 Å². The zero-order valence-electron chi connectivity index (χ0n) is 5.79. The van der Waals surface area contributed by atoms with E-state index < -0.39 is 0 Å². The third-order valence-electron chi connectivity index (χ3n) is 1.56. The molecule has 2 rings (SSSR count). The quantitative estimate of drug-likeness (QED) is 0.512. The number of benzene rings is 1. The topological polar surface area (TPSA) is 13.1 Å². The summed E-state index contributed by atoms with van der Waals surface area (Å²) in [5.41, 5.74) is 1.69. The average molecular weight is 141 g/mol. The fourth-order valence-corrected chi connectivity index (χ4v) is 1.00. The van der Waals surface area contributed by atoms with E-state index >= 15 is 0 Å². The highest BCUT2D eigenvalue weighted by atomic mass is 16.3. The van der Waals surface area contributed by atoms with Crippen molar-refractivity contribution >= 4 is 11.0 Å². The smallest absolute Gasteiger partial charge is 0.170 e. The van der Waals surface area contributed by atoms with Gasteiger partial charge in [-0.1, -0.05) is 5.92 Å². The van der Waals surface area contributed by atoms with Crippen LogP contribution < -0.4 is 0 Å². The van der Waals surface area contributed by atoms with E-state index in [1.54, 1.807) is 6.07 Å². The second kappa shape index (κ2) is 2.17. The molecule has 0 aliphatic rings. The van der Waals surface area contributed by atoms with Crippen molar-refractivity contribution in [1.29, 1.82) is 0 Å². The van der Waals surface area contributed by atoms with Crippen molar-refractivity contribution in [3.8, 4) is 12.3 Å². The molecule has 0 fully saturated rings. The third-order valence-corrected chi connectivity index (χ3v) is 1.56. The van der Waals surface area contributed by atoms with Gasteiger partial charge in [0.25, 0.3) is 0 Å². The summed E-state index contributed by atoms with van der Waals surface area (Å²) in [6.07, 6.45) is 7.86. The van der Waals surface area contributed by atoms with Crippen LogP contribution in [0.25, 0.3) is 11.0 Å². The molecule has 0 N–H and O–H groups in total. The molecule has 1 aromatic heterocycles. The fourth-order valence-electron chi connectivity index (χ4n) is 1.00. The lowest BCUT2D eigenvalue weighted by molar-refractivity contribution is 0.606. The predicted molar refractivity (Wildman–Crippen MR) is 43.0 cm³/mol.